The average Bonchev–Trinajstić information content (AvgIpc) is 3.07. The number of piperidine rings is 1. The lowest BCUT2D eigenvalue weighted by Crippen LogP contribution is -2.34. The van der Waals surface area contributed by atoms with Gasteiger partial charge in [-0.1, -0.05) is 0 Å². The van der Waals surface area contributed by atoms with E-state index in [4.69, 9.17) is 9.84 Å². The summed E-state index contributed by atoms with van der Waals surface area (Å²) in [6, 6.07) is 4.31. The van der Waals surface area contributed by atoms with Crippen LogP contribution in [0.15, 0.2) is 24.4 Å². The fourth-order valence-electron chi connectivity index (χ4n) is 3.40. The number of aromatic nitrogens is 2. The second kappa shape index (κ2) is 7.82. The molecule has 0 unspecified atom stereocenters. The minimum absolute atomic E-state index is 0.126. The molecule has 26 heavy (non-hydrogen) atoms. The first-order valence-electron chi connectivity index (χ1n) is 8.46. The van der Waals surface area contributed by atoms with Crippen molar-refractivity contribution in [2.45, 2.75) is 31.8 Å². The van der Waals surface area contributed by atoms with E-state index in [-0.39, 0.29) is 24.6 Å². The summed E-state index contributed by atoms with van der Waals surface area (Å²) in [5.74, 6) is -2.25. The molecule has 0 bridgehead atoms. The number of methoxy groups -OCH3 is 1. The van der Waals surface area contributed by atoms with E-state index in [1.807, 2.05) is 11.0 Å². The Morgan fingerprint density at radius 3 is 2.92 bits per heavy atom. The molecule has 0 radical (unpaired) electrons. The van der Waals surface area contributed by atoms with Crippen LogP contribution in [0.3, 0.4) is 0 Å². The second-order valence-electron chi connectivity index (χ2n) is 6.45. The van der Waals surface area contributed by atoms with Gasteiger partial charge in [-0.3, -0.25) is 14.4 Å². The number of benzene rings is 1. The molecule has 1 aromatic heterocycles. The van der Waals surface area contributed by atoms with E-state index in [1.54, 1.807) is 6.20 Å². The summed E-state index contributed by atoms with van der Waals surface area (Å²) >= 11 is 0. The number of hydrogen-bond acceptors (Lipinski definition) is 4. The molecule has 1 atom stereocenters. The van der Waals surface area contributed by atoms with Crippen LogP contribution >= 0.6 is 0 Å². The summed E-state index contributed by atoms with van der Waals surface area (Å²) in [7, 11) is 1.43. The van der Waals surface area contributed by atoms with Crippen LogP contribution < -0.4 is 4.74 Å². The van der Waals surface area contributed by atoms with E-state index in [9.17, 15) is 13.6 Å². The van der Waals surface area contributed by atoms with Crippen molar-refractivity contribution in [2.75, 3.05) is 20.2 Å². The standard InChI is InChI=1S/C18H21F2N3O3/c1-26-16-5-4-14(19)18(20)13(16)10-22-7-2-3-12(9-22)15-6-8-23(21-15)11-17(24)25/h4-6,8,12H,2-3,7,9-11H2,1H3,(H,24,25)/t12-/m0/s1. The van der Waals surface area contributed by atoms with Crippen LogP contribution in [0.1, 0.15) is 30.0 Å². The van der Waals surface area contributed by atoms with Gasteiger partial charge in [0.15, 0.2) is 11.6 Å². The number of rotatable bonds is 6. The number of carboxylic acids is 1. The molecular weight excluding hydrogens is 344 g/mol. The Kier molecular flexibility index (Phi) is 5.51. The maximum absolute atomic E-state index is 14.2. The highest BCUT2D eigenvalue weighted by Gasteiger charge is 2.25. The van der Waals surface area contributed by atoms with Crippen LogP contribution in [0.5, 0.6) is 5.75 Å². The third kappa shape index (κ3) is 4.01. The van der Waals surface area contributed by atoms with E-state index < -0.39 is 17.6 Å². The molecule has 0 saturated carbocycles. The van der Waals surface area contributed by atoms with Gasteiger partial charge in [0.2, 0.25) is 0 Å². The maximum Gasteiger partial charge on any atom is 0.325 e. The molecule has 140 valence electrons. The predicted octanol–water partition coefficient (Wildman–Crippen LogP) is 2.63. The number of nitrogens with zero attached hydrogens (tertiary/aromatic N) is 3. The Hall–Kier alpha value is -2.48. The molecule has 1 N–H and O–H groups in total. The molecule has 8 heteroatoms. The van der Waals surface area contributed by atoms with Crippen LogP contribution in [0.4, 0.5) is 8.78 Å². The van der Waals surface area contributed by atoms with Gasteiger partial charge in [0.1, 0.15) is 12.3 Å². The maximum atomic E-state index is 14.2. The van der Waals surface area contributed by atoms with E-state index in [0.29, 0.717) is 12.3 Å². The largest absolute Gasteiger partial charge is 0.496 e. The molecule has 1 aromatic carbocycles. The van der Waals surface area contributed by atoms with Gasteiger partial charge in [-0.25, -0.2) is 8.78 Å². The van der Waals surface area contributed by atoms with Crippen molar-refractivity contribution < 1.29 is 23.4 Å². The Morgan fingerprint density at radius 2 is 2.19 bits per heavy atom. The molecule has 2 aromatic rings. The fourth-order valence-corrected chi connectivity index (χ4v) is 3.40. The second-order valence-corrected chi connectivity index (χ2v) is 6.45. The number of ether oxygens (including phenoxy) is 1. The zero-order valence-electron chi connectivity index (χ0n) is 14.5. The summed E-state index contributed by atoms with van der Waals surface area (Å²) in [6.07, 6.45) is 3.47. The van der Waals surface area contributed by atoms with Crippen LogP contribution in [-0.4, -0.2) is 46.0 Å². The Bertz CT molecular complexity index is 794. The van der Waals surface area contributed by atoms with Crippen molar-refractivity contribution in [3.05, 3.63) is 47.3 Å². The number of hydrogen-bond donors (Lipinski definition) is 1. The average molecular weight is 365 g/mol. The lowest BCUT2D eigenvalue weighted by atomic mass is 9.94. The van der Waals surface area contributed by atoms with Crippen molar-refractivity contribution in [1.29, 1.82) is 0 Å². The van der Waals surface area contributed by atoms with Crippen molar-refractivity contribution in [2.24, 2.45) is 0 Å². The monoisotopic (exact) mass is 365 g/mol. The molecule has 3 rings (SSSR count). The molecular formula is C18H21F2N3O3. The molecule has 0 aliphatic carbocycles. The minimum atomic E-state index is -0.946. The van der Waals surface area contributed by atoms with Gasteiger partial charge in [0.05, 0.1) is 12.8 Å². The van der Waals surface area contributed by atoms with Gasteiger partial charge in [0.25, 0.3) is 0 Å². The van der Waals surface area contributed by atoms with Crippen LogP contribution in [0, 0.1) is 11.6 Å². The number of halogens is 2. The molecule has 0 spiro atoms. The van der Waals surface area contributed by atoms with Crippen molar-refractivity contribution in [1.82, 2.24) is 14.7 Å². The van der Waals surface area contributed by atoms with Crippen molar-refractivity contribution in [3.63, 3.8) is 0 Å². The number of carboxylic acid groups (broad SMARTS) is 1. The van der Waals surface area contributed by atoms with Crippen LogP contribution in [0.25, 0.3) is 0 Å². The van der Waals surface area contributed by atoms with Crippen LogP contribution in [0.2, 0.25) is 0 Å². The van der Waals surface area contributed by atoms with E-state index in [2.05, 4.69) is 5.10 Å². The van der Waals surface area contributed by atoms with E-state index in [1.165, 1.54) is 17.9 Å². The van der Waals surface area contributed by atoms with Gasteiger partial charge < -0.3 is 9.84 Å². The zero-order chi connectivity index (χ0) is 18.7. The SMILES string of the molecule is COc1ccc(F)c(F)c1CN1CCC[C@H](c2ccn(CC(=O)O)n2)C1. The van der Waals surface area contributed by atoms with Gasteiger partial charge in [-0.15, -0.1) is 0 Å². The molecule has 1 fully saturated rings. The normalized spacial score (nSPS) is 18.0. The van der Waals surface area contributed by atoms with Gasteiger partial charge in [-0.2, -0.15) is 5.10 Å². The van der Waals surface area contributed by atoms with Gasteiger partial charge in [-0.05, 0) is 37.6 Å². The molecule has 1 aliphatic heterocycles. The first-order valence-corrected chi connectivity index (χ1v) is 8.46. The Labute approximate surface area is 150 Å². The quantitative estimate of drug-likeness (QED) is 0.852. The van der Waals surface area contributed by atoms with Crippen LogP contribution in [-0.2, 0) is 17.9 Å². The van der Waals surface area contributed by atoms with Crippen molar-refractivity contribution in [3.8, 4) is 5.75 Å². The summed E-state index contributed by atoms with van der Waals surface area (Å²) in [6.45, 7) is 1.48. The van der Waals surface area contributed by atoms with Gasteiger partial charge >= 0.3 is 5.97 Å². The molecule has 0 amide bonds. The third-order valence-electron chi connectivity index (χ3n) is 4.64. The fraction of sp³-hybridized carbons (Fsp3) is 0.444. The lowest BCUT2D eigenvalue weighted by molar-refractivity contribution is -0.137. The Balaban J connectivity index is 1.72. The Morgan fingerprint density at radius 1 is 1.38 bits per heavy atom. The smallest absolute Gasteiger partial charge is 0.325 e. The molecule has 1 aliphatic rings. The topological polar surface area (TPSA) is 67.6 Å². The molecule has 1 saturated heterocycles. The highest BCUT2D eigenvalue weighted by atomic mass is 19.2. The lowest BCUT2D eigenvalue weighted by Gasteiger charge is -2.32. The third-order valence-corrected chi connectivity index (χ3v) is 4.64. The van der Waals surface area contributed by atoms with Crippen molar-refractivity contribution >= 4 is 5.97 Å². The van der Waals surface area contributed by atoms with Gasteiger partial charge in [0, 0.05) is 30.8 Å². The number of likely N-dealkylation sites (tertiary alicyclic amines) is 1. The predicted molar refractivity (Wildman–Crippen MR) is 90.0 cm³/mol. The summed E-state index contributed by atoms with van der Waals surface area (Å²) in [5, 5.41) is 13.2. The summed E-state index contributed by atoms with van der Waals surface area (Å²) < 4.78 is 34.3. The highest BCUT2D eigenvalue weighted by molar-refractivity contribution is 5.66. The number of aliphatic carboxylic acids is 1. The number of carbonyl (C=O) groups is 1. The first kappa shape index (κ1) is 18.3. The van der Waals surface area contributed by atoms with E-state index in [0.717, 1.165) is 31.1 Å². The van der Waals surface area contributed by atoms with E-state index >= 15 is 0 Å². The highest BCUT2D eigenvalue weighted by Crippen LogP contribution is 2.30. The zero-order valence-corrected chi connectivity index (χ0v) is 14.5. The summed E-state index contributed by atoms with van der Waals surface area (Å²) in [5.41, 5.74) is 1.03. The minimum Gasteiger partial charge on any atom is -0.496 e. The summed E-state index contributed by atoms with van der Waals surface area (Å²) in [4.78, 5) is 12.8. The first-order chi connectivity index (χ1) is 12.5. The molecule has 2 heterocycles. The molecule has 6 nitrogen and oxygen atoms in total.